The maximum Gasteiger partial charge on any atom is 0.153 e. The van der Waals surface area contributed by atoms with Crippen LogP contribution in [0.25, 0.3) is 11.1 Å². The second kappa shape index (κ2) is 4.64. The predicted molar refractivity (Wildman–Crippen MR) is 85.4 cm³/mol. The van der Waals surface area contributed by atoms with E-state index in [-0.39, 0.29) is 0 Å². The molecule has 0 radical (unpaired) electrons. The van der Waals surface area contributed by atoms with E-state index in [1.165, 1.54) is 11.1 Å². The van der Waals surface area contributed by atoms with Crippen molar-refractivity contribution in [2.75, 3.05) is 5.73 Å². The van der Waals surface area contributed by atoms with E-state index >= 15 is 0 Å². The third kappa shape index (κ3) is 1.93. The first kappa shape index (κ1) is 12.5. The highest BCUT2D eigenvalue weighted by Gasteiger charge is 2.31. The van der Waals surface area contributed by atoms with Gasteiger partial charge in [-0.3, -0.25) is 5.10 Å². The lowest BCUT2D eigenvalue weighted by Gasteiger charge is -2.30. The van der Waals surface area contributed by atoms with Crippen LogP contribution in [-0.4, -0.2) is 10.2 Å². The van der Waals surface area contributed by atoms with Crippen LogP contribution >= 0.6 is 11.6 Å². The van der Waals surface area contributed by atoms with Crippen molar-refractivity contribution in [1.29, 1.82) is 0 Å². The number of halogens is 1. The second-order valence-electron chi connectivity index (χ2n) is 5.36. The maximum atomic E-state index is 6.10. The van der Waals surface area contributed by atoms with Crippen molar-refractivity contribution in [2.45, 2.75) is 12.3 Å². The van der Waals surface area contributed by atoms with E-state index < -0.39 is 0 Å². The fourth-order valence-corrected chi connectivity index (χ4v) is 3.28. The molecule has 104 valence electrons. The van der Waals surface area contributed by atoms with Crippen molar-refractivity contribution in [3.05, 3.63) is 70.4 Å². The van der Waals surface area contributed by atoms with E-state index in [2.05, 4.69) is 34.5 Å². The molecular formula is C17H14ClN3. The molecule has 3 aromatic rings. The van der Waals surface area contributed by atoms with Gasteiger partial charge in [0.25, 0.3) is 0 Å². The lowest BCUT2D eigenvalue weighted by Crippen LogP contribution is -2.19. The number of nitrogens with zero attached hydrogens (tertiary/aromatic N) is 1. The van der Waals surface area contributed by atoms with Crippen LogP contribution in [0.5, 0.6) is 0 Å². The number of hydrogen-bond acceptors (Lipinski definition) is 2. The van der Waals surface area contributed by atoms with Gasteiger partial charge in [0.15, 0.2) is 5.82 Å². The highest BCUT2D eigenvalue weighted by molar-refractivity contribution is 6.30. The average Bonchev–Trinajstić information content (AvgIpc) is 2.82. The van der Waals surface area contributed by atoms with Gasteiger partial charge >= 0.3 is 0 Å². The number of benzene rings is 2. The van der Waals surface area contributed by atoms with Gasteiger partial charge in [0.05, 0.1) is 5.69 Å². The fraction of sp³-hybridized carbons (Fsp3) is 0.118. The highest BCUT2D eigenvalue weighted by Crippen LogP contribution is 2.44. The number of anilines is 1. The molecule has 2 aromatic carbocycles. The summed E-state index contributed by atoms with van der Waals surface area (Å²) in [6, 6.07) is 16.2. The zero-order valence-electron chi connectivity index (χ0n) is 11.3. The van der Waals surface area contributed by atoms with Crippen LogP contribution in [0.2, 0.25) is 5.02 Å². The largest absolute Gasteiger partial charge is 0.382 e. The Morgan fingerprint density at radius 2 is 2.00 bits per heavy atom. The minimum Gasteiger partial charge on any atom is -0.382 e. The second-order valence-corrected chi connectivity index (χ2v) is 5.80. The van der Waals surface area contributed by atoms with Crippen molar-refractivity contribution in [1.82, 2.24) is 10.2 Å². The lowest BCUT2D eigenvalue weighted by atomic mass is 9.74. The van der Waals surface area contributed by atoms with E-state index in [4.69, 9.17) is 17.3 Å². The molecule has 1 aliphatic carbocycles. The van der Waals surface area contributed by atoms with Crippen LogP contribution in [0.3, 0.4) is 0 Å². The molecule has 3 N–H and O–H groups in total. The topological polar surface area (TPSA) is 54.7 Å². The van der Waals surface area contributed by atoms with Crippen LogP contribution < -0.4 is 5.73 Å². The zero-order chi connectivity index (χ0) is 14.4. The normalized spacial score (nSPS) is 16.3. The first-order valence-corrected chi connectivity index (χ1v) is 7.29. The third-order valence-electron chi connectivity index (χ3n) is 4.14. The van der Waals surface area contributed by atoms with Gasteiger partial charge in [-0.1, -0.05) is 48.0 Å². The summed E-state index contributed by atoms with van der Waals surface area (Å²) in [7, 11) is 0. The average molecular weight is 296 g/mol. The van der Waals surface area contributed by atoms with E-state index in [9.17, 15) is 0 Å². The van der Waals surface area contributed by atoms with Crippen LogP contribution in [0.15, 0.2) is 48.5 Å². The van der Waals surface area contributed by atoms with Gasteiger partial charge in [-0.2, -0.15) is 5.10 Å². The number of H-pyrrole nitrogens is 1. The van der Waals surface area contributed by atoms with Gasteiger partial charge in [0.2, 0.25) is 0 Å². The van der Waals surface area contributed by atoms with Crippen molar-refractivity contribution < 1.29 is 0 Å². The lowest BCUT2D eigenvalue weighted by molar-refractivity contribution is 0.683. The summed E-state index contributed by atoms with van der Waals surface area (Å²) < 4.78 is 0. The molecule has 4 heteroatoms. The summed E-state index contributed by atoms with van der Waals surface area (Å²) in [5.74, 6) is 0.858. The molecule has 3 nitrogen and oxygen atoms in total. The molecule has 21 heavy (non-hydrogen) atoms. The molecule has 1 aromatic heterocycles. The number of nitrogen functional groups attached to an aromatic ring is 1. The smallest absolute Gasteiger partial charge is 0.153 e. The molecule has 0 fully saturated rings. The van der Waals surface area contributed by atoms with Crippen molar-refractivity contribution in [3.63, 3.8) is 0 Å². The highest BCUT2D eigenvalue weighted by atomic mass is 35.5. The Morgan fingerprint density at radius 1 is 1.14 bits per heavy atom. The summed E-state index contributed by atoms with van der Waals surface area (Å²) in [5, 5.41) is 8.03. The van der Waals surface area contributed by atoms with Crippen molar-refractivity contribution >= 4 is 17.4 Å². The van der Waals surface area contributed by atoms with Crippen LogP contribution in [-0.2, 0) is 6.42 Å². The minimum atomic E-state index is 0.333. The first-order chi connectivity index (χ1) is 10.2. The van der Waals surface area contributed by atoms with Crippen LogP contribution in [0.1, 0.15) is 22.7 Å². The number of hydrogen-bond donors (Lipinski definition) is 2. The monoisotopic (exact) mass is 295 g/mol. The van der Waals surface area contributed by atoms with Gasteiger partial charge in [0.1, 0.15) is 0 Å². The Bertz CT molecular complexity index is 822. The van der Waals surface area contributed by atoms with Crippen molar-refractivity contribution in [3.8, 4) is 11.1 Å². The number of aromatic amines is 1. The molecule has 0 saturated heterocycles. The molecule has 0 aliphatic heterocycles. The standard InChI is InChI=1S/C17H14ClN3/c18-12-6-3-5-11(8-12)15-16(20-21-17(15)19)14-9-10-4-1-2-7-13(10)14/h1-8,14H,9H2,(H3,19,20,21). The summed E-state index contributed by atoms with van der Waals surface area (Å²) >= 11 is 6.10. The van der Waals surface area contributed by atoms with E-state index in [0.29, 0.717) is 16.8 Å². The molecule has 4 rings (SSSR count). The fourth-order valence-electron chi connectivity index (χ4n) is 3.09. The zero-order valence-corrected chi connectivity index (χ0v) is 12.1. The summed E-state index contributed by atoms with van der Waals surface area (Å²) in [4.78, 5) is 0. The number of nitrogens with two attached hydrogens (primary N) is 1. The molecule has 1 unspecified atom stereocenters. The predicted octanol–water partition coefficient (Wildman–Crippen LogP) is 4.00. The van der Waals surface area contributed by atoms with Crippen LogP contribution in [0, 0.1) is 0 Å². The Labute approximate surface area is 127 Å². The molecule has 0 amide bonds. The number of aromatic nitrogens is 2. The summed E-state index contributed by atoms with van der Waals surface area (Å²) in [6.07, 6.45) is 1.02. The van der Waals surface area contributed by atoms with Gasteiger partial charge in [0, 0.05) is 16.5 Å². The van der Waals surface area contributed by atoms with Gasteiger partial charge < -0.3 is 5.73 Å². The van der Waals surface area contributed by atoms with E-state index in [0.717, 1.165) is 23.2 Å². The number of rotatable bonds is 2. The van der Waals surface area contributed by atoms with Gasteiger partial charge in [-0.05, 0) is 35.2 Å². The third-order valence-corrected chi connectivity index (χ3v) is 4.37. The van der Waals surface area contributed by atoms with Gasteiger partial charge in [-0.25, -0.2) is 0 Å². The van der Waals surface area contributed by atoms with Crippen LogP contribution in [0.4, 0.5) is 5.82 Å². The minimum absolute atomic E-state index is 0.333. The Morgan fingerprint density at radius 3 is 2.81 bits per heavy atom. The maximum absolute atomic E-state index is 6.10. The number of fused-ring (bicyclic) bond motifs is 1. The molecule has 1 heterocycles. The SMILES string of the molecule is Nc1n[nH]c(C2Cc3ccccc32)c1-c1cccc(Cl)c1. The summed E-state index contributed by atoms with van der Waals surface area (Å²) in [6.45, 7) is 0. The van der Waals surface area contributed by atoms with Crippen molar-refractivity contribution in [2.24, 2.45) is 0 Å². The molecule has 0 spiro atoms. The Balaban J connectivity index is 1.83. The van der Waals surface area contributed by atoms with Gasteiger partial charge in [-0.15, -0.1) is 0 Å². The summed E-state index contributed by atoms with van der Waals surface area (Å²) in [5.41, 5.74) is 11.9. The molecule has 0 saturated carbocycles. The molecule has 1 atom stereocenters. The Hall–Kier alpha value is -2.26. The van der Waals surface area contributed by atoms with E-state index in [1.807, 2.05) is 24.3 Å². The first-order valence-electron chi connectivity index (χ1n) is 6.91. The molecular weight excluding hydrogens is 282 g/mol. The molecule has 0 bridgehead atoms. The Kier molecular flexibility index (Phi) is 2.76. The quantitative estimate of drug-likeness (QED) is 0.751. The van der Waals surface area contributed by atoms with E-state index in [1.54, 1.807) is 0 Å². The number of nitrogens with one attached hydrogen (secondary N) is 1. The molecule has 1 aliphatic rings.